The fourth-order valence-corrected chi connectivity index (χ4v) is 4.96. The van der Waals surface area contributed by atoms with Gasteiger partial charge in [0.15, 0.2) is 11.6 Å². The van der Waals surface area contributed by atoms with Crippen LogP contribution in [0.1, 0.15) is 38.5 Å². The van der Waals surface area contributed by atoms with Gasteiger partial charge in [-0.05, 0) is 74.8 Å². The van der Waals surface area contributed by atoms with Crippen molar-refractivity contribution in [2.24, 2.45) is 10.9 Å². The monoisotopic (exact) mass is 515 g/mol. The van der Waals surface area contributed by atoms with E-state index in [4.69, 9.17) is 0 Å². The van der Waals surface area contributed by atoms with Crippen molar-refractivity contribution in [1.82, 2.24) is 19.7 Å². The Labute approximate surface area is 221 Å². The Balaban J connectivity index is 1.25. The number of halogens is 2. The third kappa shape index (κ3) is 6.49. The molecule has 3 heterocycles. The molecule has 196 valence electrons. The predicted molar refractivity (Wildman–Crippen MR) is 144 cm³/mol. The van der Waals surface area contributed by atoms with Crippen LogP contribution in [0, 0.1) is 17.6 Å². The van der Waals surface area contributed by atoms with E-state index in [0.29, 0.717) is 36.0 Å². The number of aliphatic imine (C=N–C) groups is 1. The second kappa shape index (κ2) is 12.1. The highest BCUT2D eigenvalue weighted by molar-refractivity contribution is 5.77. The second-order valence-corrected chi connectivity index (χ2v) is 9.78. The van der Waals surface area contributed by atoms with E-state index >= 15 is 0 Å². The molecule has 1 aromatic heterocycles. The molecular formula is C30H31F2N5O. The van der Waals surface area contributed by atoms with Crippen LogP contribution in [0.2, 0.25) is 0 Å². The molecular weight excluding hydrogens is 484 g/mol. The zero-order valence-electron chi connectivity index (χ0n) is 21.3. The van der Waals surface area contributed by atoms with Gasteiger partial charge >= 0.3 is 0 Å². The number of aromatic nitrogens is 3. The second-order valence-electron chi connectivity index (χ2n) is 9.78. The maximum Gasteiger partial charge on any atom is 0.244 e. The molecule has 2 aliphatic heterocycles. The third-order valence-corrected chi connectivity index (χ3v) is 7.07. The van der Waals surface area contributed by atoms with Gasteiger partial charge in [0.2, 0.25) is 5.91 Å². The molecule has 2 aromatic carbocycles. The van der Waals surface area contributed by atoms with Crippen LogP contribution < -0.4 is 0 Å². The van der Waals surface area contributed by atoms with Crippen LogP contribution in [0.25, 0.3) is 22.8 Å². The molecule has 1 amide bonds. The first-order chi connectivity index (χ1) is 18.5. The van der Waals surface area contributed by atoms with Crippen LogP contribution in [-0.2, 0) is 11.3 Å². The van der Waals surface area contributed by atoms with Gasteiger partial charge in [-0.25, -0.2) is 18.4 Å². The normalized spacial score (nSPS) is 16.3. The molecule has 0 unspecified atom stereocenters. The minimum absolute atomic E-state index is 0.0199. The number of hydrogen-bond acceptors (Lipinski definition) is 4. The number of carbonyl (C=O) groups is 1. The molecule has 3 aromatic rings. The van der Waals surface area contributed by atoms with Gasteiger partial charge in [0, 0.05) is 36.1 Å². The highest BCUT2D eigenvalue weighted by atomic mass is 19.1. The highest BCUT2D eigenvalue weighted by Gasteiger charge is 2.25. The lowest BCUT2D eigenvalue weighted by Gasteiger charge is -2.32. The van der Waals surface area contributed by atoms with Crippen molar-refractivity contribution >= 4 is 12.1 Å². The molecule has 0 atom stereocenters. The topological polar surface area (TPSA) is 63.4 Å². The van der Waals surface area contributed by atoms with Gasteiger partial charge in [-0.1, -0.05) is 36.4 Å². The number of rotatable bonds is 7. The summed E-state index contributed by atoms with van der Waals surface area (Å²) in [7, 11) is 0. The minimum atomic E-state index is -0.407. The van der Waals surface area contributed by atoms with Crippen LogP contribution in [0.4, 0.5) is 8.78 Å². The van der Waals surface area contributed by atoms with E-state index in [2.05, 4.69) is 27.2 Å². The number of benzene rings is 2. The van der Waals surface area contributed by atoms with Crippen molar-refractivity contribution in [2.45, 2.75) is 45.1 Å². The molecule has 0 spiro atoms. The maximum absolute atomic E-state index is 14.0. The summed E-state index contributed by atoms with van der Waals surface area (Å²) in [6, 6.07) is 12.0. The van der Waals surface area contributed by atoms with Gasteiger partial charge < -0.3 is 4.90 Å². The number of allylic oxidation sites excluding steroid dienone is 4. The van der Waals surface area contributed by atoms with Crippen molar-refractivity contribution < 1.29 is 13.6 Å². The molecule has 0 radical (unpaired) electrons. The number of piperidine rings is 1. The van der Waals surface area contributed by atoms with Gasteiger partial charge in [-0.15, -0.1) is 5.10 Å². The molecule has 2 aliphatic rings. The van der Waals surface area contributed by atoms with Gasteiger partial charge in [0.1, 0.15) is 18.2 Å². The van der Waals surface area contributed by atoms with E-state index in [0.717, 1.165) is 44.2 Å². The largest absolute Gasteiger partial charge is 0.341 e. The summed E-state index contributed by atoms with van der Waals surface area (Å²) < 4.78 is 29.3. The van der Waals surface area contributed by atoms with Crippen LogP contribution in [0.15, 0.2) is 77.4 Å². The Bertz CT molecular complexity index is 1370. The number of carbonyl (C=O) groups excluding carboxylic acids is 1. The average Bonchev–Trinajstić information content (AvgIpc) is 3.32. The SMILES string of the molecule is O=C(Cn1nc(-c2cccc(F)c2)nc1-c1cccc(F)c1)N1CCC(CCC2=CCCC=CC=N2)CC1. The lowest BCUT2D eigenvalue weighted by molar-refractivity contribution is -0.133. The highest BCUT2D eigenvalue weighted by Crippen LogP contribution is 2.27. The molecule has 5 rings (SSSR count). The van der Waals surface area contributed by atoms with E-state index in [1.54, 1.807) is 24.3 Å². The molecule has 38 heavy (non-hydrogen) atoms. The molecule has 1 fully saturated rings. The summed E-state index contributed by atoms with van der Waals surface area (Å²) in [5.41, 5.74) is 2.15. The smallest absolute Gasteiger partial charge is 0.244 e. The van der Waals surface area contributed by atoms with E-state index in [9.17, 15) is 13.6 Å². The predicted octanol–water partition coefficient (Wildman–Crippen LogP) is 6.21. The molecule has 0 saturated carbocycles. The molecule has 0 bridgehead atoms. The van der Waals surface area contributed by atoms with Crippen molar-refractivity contribution in [1.29, 1.82) is 0 Å². The summed E-state index contributed by atoms with van der Waals surface area (Å²) in [4.78, 5) is 24.2. The Morgan fingerprint density at radius 2 is 1.71 bits per heavy atom. The quantitative estimate of drug-likeness (QED) is 0.376. The Hall–Kier alpha value is -3.94. The van der Waals surface area contributed by atoms with Crippen molar-refractivity contribution in [3.8, 4) is 22.8 Å². The van der Waals surface area contributed by atoms with Crippen LogP contribution in [0.3, 0.4) is 0 Å². The molecule has 0 N–H and O–H groups in total. The van der Waals surface area contributed by atoms with E-state index in [-0.39, 0.29) is 18.3 Å². The fourth-order valence-electron chi connectivity index (χ4n) is 4.96. The maximum atomic E-state index is 14.0. The molecule has 0 aliphatic carbocycles. The standard InChI is InChI=1S/C30H31F2N5O/c31-25-9-5-7-23(19-25)29-34-30(24-8-6-10-26(32)20-24)37(35-29)21-28(38)36-17-14-22(15-18-36)12-13-27-11-3-1-2-4-16-33-27/h2,4-11,16,19-20,22H,1,3,12-15,17-18,21H2. The summed E-state index contributed by atoms with van der Waals surface area (Å²) in [5.74, 6) is 0.349. The van der Waals surface area contributed by atoms with Crippen LogP contribution >= 0.6 is 0 Å². The zero-order chi connectivity index (χ0) is 26.3. The summed E-state index contributed by atoms with van der Waals surface area (Å²) in [6.07, 6.45) is 14.2. The first kappa shape index (κ1) is 25.7. The van der Waals surface area contributed by atoms with E-state index < -0.39 is 11.6 Å². The Kier molecular flexibility index (Phi) is 8.16. The number of hydrogen-bond donors (Lipinski definition) is 0. The average molecular weight is 516 g/mol. The minimum Gasteiger partial charge on any atom is -0.341 e. The Morgan fingerprint density at radius 1 is 0.974 bits per heavy atom. The zero-order valence-corrected chi connectivity index (χ0v) is 21.3. The first-order valence-corrected chi connectivity index (χ1v) is 13.2. The van der Waals surface area contributed by atoms with Crippen LogP contribution in [-0.4, -0.2) is 44.9 Å². The summed E-state index contributed by atoms with van der Waals surface area (Å²) in [5, 5.41) is 4.52. The Morgan fingerprint density at radius 3 is 2.47 bits per heavy atom. The molecule has 1 saturated heterocycles. The van der Waals surface area contributed by atoms with Gasteiger partial charge in [0.25, 0.3) is 0 Å². The van der Waals surface area contributed by atoms with Gasteiger partial charge in [-0.3, -0.25) is 9.79 Å². The lowest BCUT2D eigenvalue weighted by atomic mass is 9.91. The van der Waals surface area contributed by atoms with Crippen molar-refractivity contribution in [3.05, 3.63) is 84.1 Å². The molecule has 8 heteroatoms. The van der Waals surface area contributed by atoms with Gasteiger partial charge in [0.05, 0.1) is 0 Å². The van der Waals surface area contributed by atoms with Crippen molar-refractivity contribution in [2.75, 3.05) is 13.1 Å². The third-order valence-electron chi connectivity index (χ3n) is 7.07. The lowest BCUT2D eigenvalue weighted by Crippen LogP contribution is -2.40. The van der Waals surface area contributed by atoms with Crippen LogP contribution in [0.5, 0.6) is 0 Å². The summed E-state index contributed by atoms with van der Waals surface area (Å²) in [6.45, 7) is 1.36. The summed E-state index contributed by atoms with van der Waals surface area (Å²) >= 11 is 0. The van der Waals surface area contributed by atoms with E-state index in [1.165, 1.54) is 28.9 Å². The van der Waals surface area contributed by atoms with Crippen molar-refractivity contribution in [3.63, 3.8) is 0 Å². The number of likely N-dealkylation sites (tertiary alicyclic amines) is 1. The fraction of sp³-hybridized carbons (Fsp3) is 0.333. The molecule has 6 nitrogen and oxygen atoms in total. The number of amides is 1. The van der Waals surface area contributed by atoms with E-state index in [1.807, 2.05) is 17.2 Å². The number of nitrogens with zero attached hydrogens (tertiary/aromatic N) is 5. The van der Waals surface area contributed by atoms with Gasteiger partial charge in [-0.2, -0.15) is 0 Å². The first-order valence-electron chi connectivity index (χ1n) is 13.2.